The van der Waals surface area contributed by atoms with E-state index in [9.17, 15) is 0 Å². The molecular weight excluding hydrogens is 334 g/mol. The highest BCUT2D eigenvalue weighted by Crippen LogP contribution is 2.38. The second-order valence-corrected chi connectivity index (χ2v) is 6.90. The van der Waals surface area contributed by atoms with Gasteiger partial charge in [-0.1, -0.05) is 35.5 Å². The summed E-state index contributed by atoms with van der Waals surface area (Å²) in [6.07, 6.45) is 3.68. The van der Waals surface area contributed by atoms with Gasteiger partial charge in [0, 0.05) is 12.1 Å². The Balaban J connectivity index is 1.52. The van der Waals surface area contributed by atoms with Crippen molar-refractivity contribution >= 4 is 27.4 Å². The Labute approximate surface area is 148 Å². The lowest BCUT2D eigenvalue weighted by Gasteiger charge is -2.23. The summed E-state index contributed by atoms with van der Waals surface area (Å²) in [5.74, 6) is 2.23. The summed E-state index contributed by atoms with van der Waals surface area (Å²) in [5, 5.41) is 7.30. The number of benzene rings is 1. The van der Waals surface area contributed by atoms with Crippen LogP contribution in [0.1, 0.15) is 24.8 Å². The number of rotatable bonds is 3. The molecule has 4 aromatic rings. The van der Waals surface area contributed by atoms with E-state index in [1.54, 1.807) is 17.7 Å². The van der Waals surface area contributed by atoms with E-state index in [1.165, 1.54) is 0 Å². The van der Waals surface area contributed by atoms with Crippen LogP contribution in [0.25, 0.3) is 21.6 Å². The Hall–Kier alpha value is -2.80. The van der Waals surface area contributed by atoms with Crippen molar-refractivity contribution in [3.63, 3.8) is 0 Å². The fourth-order valence-electron chi connectivity index (χ4n) is 3.36. The van der Waals surface area contributed by atoms with Gasteiger partial charge in [0.25, 0.3) is 0 Å². The molecule has 1 atom stereocenters. The van der Waals surface area contributed by atoms with Crippen molar-refractivity contribution in [3.8, 4) is 11.4 Å². The van der Waals surface area contributed by atoms with Crippen molar-refractivity contribution in [2.24, 2.45) is 0 Å². The first kappa shape index (κ1) is 14.5. The third-order valence-corrected chi connectivity index (χ3v) is 5.35. The number of nitrogens with zero attached hydrogens (tertiary/aromatic N) is 5. The highest BCUT2D eigenvalue weighted by atomic mass is 32.1. The van der Waals surface area contributed by atoms with Gasteiger partial charge in [-0.15, -0.1) is 11.3 Å². The summed E-state index contributed by atoms with van der Waals surface area (Å²) in [6, 6.07) is 12.0. The lowest BCUT2D eigenvalue weighted by Crippen LogP contribution is -2.24. The molecule has 1 saturated heterocycles. The molecule has 0 bridgehead atoms. The lowest BCUT2D eigenvalue weighted by molar-refractivity contribution is 0.355. The minimum Gasteiger partial charge on any atom is -0.344 e. The molecule has 0 aliphatic carbocycles. The zero-order chi connectivity index (χ0) is 16.6. The second-order valence-electron chi connectivity index (χ2n) is 6.01. The van der Waals surface area contributed by atoms with E-state index in [-0.39, 0.29) is 6.04 Å². The Morgan fingerprint density at radius 2 is 2.04 bits per heavy atom. The van der Waals surface area contributed by atoms with Crippen molar-refractivity contribution in [1.82, 2.24) is 20.1 Å². The molecule has 1 aliphatic rings. The van der Waals surface area contributed by atoms with E-state index >= 15 is 0 Å². The first-order valence-electron chi connectivity index (χ1n) is 8.24. The molecule has 4 heterocycles. The zero-order valence-electron chi connectivity index (χ0n) is 13.4. The Morgan fingerprint density at radius 1 is 1.12 bits per heavy atom. The van der Waals surface area contributed by atoms with Crippen LogP contribution >= 0.6 is 11.3 Å². The van der Waals surface area contributed by atoms with Gasteiger partial charge in [0.1, 0.15) is 23.0 Å². The van der Waals surface area contributed by atoms with Crippen molar-refractivity contribution < 1.29 is 4.52 Å². The van der Waals surface area contributed by atoms with Crippen LogP contribution < -0.4 is 4.90 Å². The molecule has 0 N–H and O–H groups in total. The largest absolute Gasteiger partial charge is 0.344 e. The maximum Gasteiger partial charge on any atom is 0.249 e. The first-order valence-corrected chi connectivity index (χ1v) is 9.12. The predicted molar refractivity (Wildman–Crippen MR) is 96.5 cm³/mol. The van der Waals surface area contributed by atoms with Crippen molar-refractivity contribution in [1.29, 1.82) is 0 Å². The zero-order valence-corrected chi connectivity index (χ0v) is 14.2. The average Bonchev–Trinajstić information content (AvgIpc) is 3.40. The van der Waals surface area contributed by atoms with Gasteiger partial charge >= 0.3 is 0 Å². The van der Waals surface area contributed by atoms with Crippen molar-refractivity contribution in [3.05, 3.63) is 54.0 Å². The monoisotopic (exact) mass is 349 g/mol. The van der Waals surface area contributed by atoms with Crippen LogP contribution in [0.2, 0.25) is 0 Å². The van der Waals surface area contributed by atoms with Crippen LogP contribution in [0, 0.1) is 0 Å². The van der Waals surface area contributed by atoms with E-state index in [0.29, 0.717) is 11.7 Å². The number of thiophene rings is 1. The van der Waals surface area contributed by atoms with Gasteiger partial charge in [0.2, 0.25) is 11.7 Å². The average molecular weight is 349 g/mol. The minimum atomic E-state index is 0.0583. The molecule has 0 unspecified atom stereocenters. The molecule has 0 saturated carbocycles. The normalized spacial score (nSPS) is 17.4. The molecule has 3 aromatic heterocycles. The van der Waals surface area contributed by atoms with Gasteiger partial charge in [-0.2, -0.15) is 4.98 Å². The van der Waals surface area contributed by atoms with Crippen molar-refractivity contribution in [2.45, 2.75) is 18.9 Å². The third-order valence-electron chi connectivity index (χ3n) is 4.52. The molecule has 0 amide bonds. The summed E-state index contributed by atoms with van der Waals surface area (Å²) < 4.78 is 5.60. The number of hydrogen-bond acceptors (Lipinski definition) is 7. The first-order chi connectivity index (χ1) is 12.4. The van der Waals surface area contributed by atoms with Gasteiger partial charge < -0.3 is 9.42 Å². The van der Waals surface area contributed by atoms with Crippen LogP contribution in [-0.4, -0.2) is 26.7 Å². The third kappa shape index (κ3) is 2.47. The SMILES string of the molecule is c1ccc(-c2noc([C@H]3CCCN3c3ncnc4sccc34)n2)cc1. The minimum absolute atomic E-state index is 0.0583. The van der Waals surface area contributed by atoms with E-state index in [2.05, 4.69) is 31.1 Å². The Kier molecular flexibility index (Phi) is 3.45. The molecule has 1 fully saturated rings. The van der Waals surface area contributed by atoms with E-state index in [1.807, 2.05) is 35.7 Å². The van der Waals surface area contributed by atoms with Crippen LogP contribution in [0.5, 0.6) is 0 Å². The summed E-state index contributed by atoms with van der Waals surface area (Å²) in [7, 11) is 0. The number of aromatic nitrogens is 4. The molecule has 25 heavy (non-hydrogen) atoms. The maximum absolute atomic E-state index is 5.60. The topological polar surface area (TPSA) is 67.9 Å². The van der Waals surface area contributed by atoms with Gasteiger partial charge in [0.05, 0.1) is 5.39 Å². The number of anilines is 1. The molecule has 0 radical (unpaired) electrons. The predicted octanol–water partition coefficient (Wildman–Crippen LogP) is 4.08. The van der Waals surface area contributed by atoms with E-state index in [0.717, 1.165) is 41.0 Å². The summed E-state index contributed by atoms with van der Waals surface area (Å²) in [4.78, 5) is 16.8. The quantitative estimate of drug-likeness (QED) is 0.555. The molecule has 1 aromatic carbocycles. The van der Waals surface area contributed by atoms with Gasteiger partial charge in [-0.3, -0.25) is 0 Å². The van der Waals surface area contributed by atoms with E-state index < -0.39 is 0 Å². The molecule has 6 nitrogen and oxygen atoms in total. The van der Waals surface area contributed by atoms with Crippen LogP contribution in [0.4, 0.5) is 5.82 Å². The summed E-state index contributed by atoms with van der Waals surface area (Å²) in [6.45, 7) is 0.926. The summed E-state index contributed by atoms with van der Waals surface area (Å²) in [5.41, 5.74) is 0.962. The molecule has 124 valence electrons. The lowest BCUT2D eigenvalue weighted by atomic mass is 10.2. The Bertz CT molecular complexity index is 1010. The van der Waals surface area contributed by atoms with Crippen LogP contribution in [0.3, 0.4) is 0 Å². The molecule has 0 spiro atoms. The maximum atomic E-state index is 5.60. The second kappa shape index (κ2) is 5.93. The van der Waals surface area contributed by atoms with Crippen LogP contribution in [-0.2, 0) is 0 Å². The molecular formula is C18H15N5OS. The number of hydrogen-bond donors (Lipinski definition) is 0. The molecule has 7 heteroatoms. The van der Waals surface area contributed by atoms with Gasteiger partial charge in [-0.25, -0.2) is 9.97 Å². The number of fused-ring (bicyclic) bond motifs is 1. The fourth-order valence-corrected chi connectivity index (χ4v) is 4.09. The van der Waals surface area contributed by atoms with Crippen molar-refractivity contribution in [2.75, 3.05) is 11.4 Å². The fraction of sp³-hybridized carbons (Fsp3) is 0.222. The molecule has 1 aliphatic heterocycles. The van der Waals surface area contributed by atoms with Crippen LogP contribution in [0.15, 0.2) is 52.6 Å². The van der Waals surface area contributed by atoms with Gasteiger partial charge in [-0.05, 0) is 24.3 Å². The van der Waals surface area contributed by atoms with E-state index in [4.69, 9.17) is 4.52 Å². The standard InChI is InChI=1S/C18H15N5OS/c1-2-5-12(6-3-1)15-21-17(24-22-15)14-7-4-9-23(14)16-13-8-10-25-18(13)20-11-19-16/h1-3,5-6,8,10-11,14H,4,7,9H2/t14-/m1/s1. The Morgan fingerprint density at radius 3 is 2.96 bits per heavy atom. The summed E-state index contributed by atoms with van der Waals surface area (Å²) >= 11 is 1.63. The smallest absolute Gasteiger partial charge is 0.249 e. The van der Waals surface area contributed by atoms with Gasteiger partial charge in [0.15, 0.2) is 0 Å². The molecule has 5 rings (SSSR count). The highest BCUT2D eigenvalue weighted by Gasteiger charge is 2.33. The highest BCUT2D eigenvalue weighted by molar-refractivity contribution is 7.16.